The van der Waals surface area contributed by atoms with Crippen LogP contribution < -0.4 is 5.73 Å². The number of carbonyl (C=O) groups is 1. The monoisotopic (exact) mass is 402 g/mol. The zero-order valence-electron chi connectivity index (χ0n) is 12.3. The van der Waals surface area contributed by atoms with E-state index in [0.717, 1.165) is 12.8 Å². The first-order valence-electron chi connectivity index (χ1n) is 7.10. The Morgan fingerprint density at radius 1 is 1.35 bits per heavy atom. The van der Waals surface area contributed by atoms with Crippen LogP contribution in [0.1, 0.15) is 23.3 Å². The van der Waals surface area contributed by atoms with Gasteiger partial charge in [0, 0.05) is 25.3 Å². The maximum Gasteiger partial charge on any atom is 0.275 e. The van der Waals surface area contributed by atoms with Crippen molar-refractivity contribution in [2.75, 3.05) is 13.1 Å². The number of nitrogens with two attached hydrogens (primary N) is 1. The summed E-state index contributed by atoms with van der Waals surface area (Å²) in [6.07, 6.45) is 3.54. The first-order valence-corrected chi connectivity index (χ1v) is 7.90. The molecular formula is C15H17BrClFN4O. The van der Waals surface area contributed by atoms with Crippen LogP contribution in [0.2, 0.25) is 0 Å². The second-order valence-electron chi connectivity index (χ2n) is 5.40. The number of hydrogen-bond acceptors (Lipinski definition) is 3. The fourth-order valence-electron chi connectivity index (χ4n) is 2.57. The minimum atomic E-state index is -0.312. The van der Waals surface area contributed by atoms with Crippen LogP contribution in [-0.2, 0) is 0 Å². The molecule has 2 aromatic rings. The molecule has 5 nitrogen and oxygen atoms in total. The van der Waals surface area contributed by atoms with E-state index in [0.29, 0.717) is 28.9 Å². The summed E-state index contributed by atoms with van der Waals surface area (Å²) in [5.74, 6) is -0.448. The van der Waals surface area contributed by atoms with Crippen LogP contribution in [-0.4, -0.2) is 39.7 Å². The molecule has 124 valence electrons. The number of carbonyl (C=O) groups excluding carboxylic acids is 1. The largest absolute Gasteiger partial charge is 0.336 e. The minimum Gasteiger partial charge on any atom is -0.336 e. The normalized spacial score (nSPS) is 17.7. The average molecular weight is 404 g/mol. The molecule has 1 unspecified atom stereocenters. The molecule has 1 atom stereocenters. The van der Waals surface area contributed by atoms with Gasteiger partial charge in [-0.15, -0.1) is 12.4 Å². The van der Waals surface area contributed by atoms with Crippen LogP contribution in [0.25, 0.3) is 5.69 Å². The van der Waals surface area contributed by atoms with Gasteiger partial charge in [0.1, 0.15) is 5.82 Å². The molecule has 2 N–H and O–H groups in total. The third kappa shape index (κ3) is 3.91. The molecule has 1 amide bonds. The van der Waals surface area contributed by atoms with Crippen molar-refractivity contribution in [2.45, 2.75) is 18.9 Å². The second-order valence-corrected chi connectivity index (χ2v) is 6.25. The van der Waals surface area contributed by atoms with Crippen LogP contribution in [0.5, 0.6) is 0 Å². The Kier molecular flexibility index (Phi) is 5.78. The number of rotatable bonds is 2. The molecule has 2 heterocycles. The molecular weight excluding hydrogens is 387 g/mol. The molecule has 1 aliphatic rings. The molecule has 0 spiro atoms. The van der Waals surface area contributed by atoms with Gasteiger partial charge in [-0.3, -0.25) is 4.79 Å². The van der Waals surface area contributed by atoms with Crippen molar-refractivity contribution < 1.29 is 9.18 Å². The van der Waals surface area contributed by atoms with Crippen LogP contribution in [0, 0.1) is 5.82 Å². The Morgan fingerprint density at radius 2 is 2.04 bits per heavy atom. The Labute approximate surface area is 148 Å². The lowest BCUT2D eigenvalue weighted by atomic mass is 10.1. The van der Waals surface area contributed by atoms with Gasteiger partial charge in [0.2, 0.25) is 0 Å². The fourth-order valence-corrected chi connectivity index (χ4v) is 3.01. The predicted octanol–water partition coefficient (Wildman–Crippen LogP) is 2.76. The van der Waals surface area contributed by atoms with Crippen molar-refractivity contribution in [3.8, 4) is 5.69 Å². The molecule has 1 saturated heterocycles. The van der Waals surface area contributed by atoms with E-state index in [9.17, 15) is 9.18 Å². The van der Waals surface area contributed by atoms with Crippen molar-refractivity contribution in [3.63, 3.8) is 0 Å². The Morgan fingerprint density at radius 3 is 2.70 bits per heavy atom. The van der Waals surface area contributed by atoms with Crippen LogP contribution in [0.4, 0.5) is 4.39 Å². The zero-order valence-corrected chi connectivity index (χ0v) is 14.7. The smallest absolute Gasteiger partial charge is 0.275 e. The summed E-state index contributed by atoms with van der Waals surface area (Å²) in [6.45, 7) is 1.25. The van der Waals surface area contributed by atoms with Crippen molar-refractivity contribution in [1.29, 1.82) is 0 Å². The summed E-state index contributed by atoms with van der Waals surface area (Å²) in [5, 5.41) is 4.33. The van der Waals surface area contributed by atoms with Gasteiger partial charge < -0.3 is 10.6 Å². The lowest BCUT2D eigenvalue weighted by Gasteiger charge is -2.30. The van der Waals surface area contributed by atoms with Crippen LogP contribution >= 0.6 is 28.3 Å². The number of hydrogen-bond donors (Lipinski definition) is 1. The van der Waals surface area contributed by atoms with Gasteiger partial charge >= 0.3 is 0 Å². The highest BCUT2D eigenvalue weighted by Crippen LogP contribution is 2.21. The number of halogens is 3. The Balaban J connectivity index is 0.00000192. The van der Waals surface area contributed by atoms with Gasteiger partial charge in [0.05, 0.1) is 10.2 Å². The van der Waals surface area contributed by atoms with E-state index in [1.54, 1.807) is 27.9 Å². The van der Waals surface area contributed by atoms with E-state index in [4.69, 9.17) is 5.73 Å². The SMILES string of the molecule is Cl.NC1CCCN(C(=O)c2nn(-c3ccc(F)cc3)cc2Br)C1. The van der Waals surface area contributed by atoms with Gasteiger partial charge in [-0.05, 0) is 53.0 Å². The maximum absolute atomic E-state index is 13.0. The molecule has 1 aromatic heterocycles. The summed E-state index contributed by atoms with van der Waals surface area (Å²) < 4.78 is 15.2. The third-order valence-corrected chi connectivity index (χ3v) is 4.29. The fraction of sp³-hybridized carbons (Fsp3) is 0.333. The lowest BCUT2D eigenvalue weighted by molar-refractivity contribution is 0.0701. The highest BCUT2D eigenvalue weighted by molar-refractivity contribution is 9.10. The topological polar surface area (TPSA) is 64.2 Å². The number of nitrogens with zero attached hydrogens (tertiary/aromatic N) is 3. The standard InChI is InChI=1S/C15H16BrFN4O.ClH/c16-13-9-21(12-5-3-10(17)4-6-12)19-14(13)15(22)20-7-1-2-11(18)8-20;/h3-6,9,11H,1-2,7-8,18H2;1H. The Hall–Kier alpha value is -1.44. The van der Waals surface area contributed by atoms with Gasteiger partial charge in [-0.25, -0.2) is 9.07 Å². The molecule has 8 heteroatoms. The minimum absolute atomic E-state index is 0. The molecule has 0 bridgehead atoms. The van der Waals surface area contributed by atoms with Crippen molar-refractivity contribution >= 4 is 34.2 Å². The molecule has 0 radical (unpaired) electrons. The summed E-state index contributed by atoms with van der Waals surface area (Å²) in [4.78, 5) is 14.3. The van der Waals surface area contributed by atoms with Gasteiger partial charge in [-0.1, -0.05) is 0 Å². The number of piperidine rings is 1. The lowest BCUT2D eigenvalue weighted by Crippen LogP contribution is -2.45. The van der Waals surface area contributed by atoms with E-state index < -0.39 is 0 Å². The van der Waals surface area contributed by atoms with Crippen molar-refractivity contribution in [1.82, 2.24) is 14.7 Å². The highest BCUT2D eigenvalue weighted by Gasteiger charge is 2.26. The van der Waals surface area contributed by atoms with Crippen molar-refractivity contribution in [2.24, 2.45) is 5.73 Å². The van der Waals surface area contributed by atoms with E-state index in [1.165, 1.54) is 12.1 Å². The number of amides is 1. The van der Waals surface area contributed by atoms with E-state index in [2.05, 4.69) is 21.0 Å². The number of aromatic nitrogens is 2. The molecule has 1 fully saturated rings. The number of benzene rings is 1. The predicted molar refractivity (Wildman–Crippen MR) is 91.6 cm³/mol. The molecule has 3 rings (SSSR count). The first-order chi connectivity index (χ1) is 10.5. The summed E-state index contributed by atoms with van der Waals surface area (Å²) in [5.41, 5.74) is 6.96. The molecule has 0 aliphatic carbocycles. The van der Waals surface area contributed by atoms with E-state index in [-0.39, 0.29) is 30.2 Å². The van der Waals surface area contributed by atoms with Crippen molar-refractivity contribution in [3.05, 3.63) is 46.4 Å². The van der Waals surface area contributed by atoms with Gasteiger partial charge in [-0.2, -0.15) is 5.10 Å². The summed E-state index contributed by atoms with van der Waals surface area (Å²) in [6, 6.07) is 5.96. The van der Waals surface area contributed by atoms with Gasteiger partial charge in [0.15, 0.2) is 5.69 Å². The molecule has 23 heavy (non-hydrogen) atoms. The van der Waals surface area contributed by atoms with Gasteiger partial charge in [0.25, 0.3) is 5.91 Å². The molecule has 0 saturated carbocycles. The molecule has 1 aliphatic heterocycles. The maximum atomic E-state index is 13.0. The first kappa shape index (κ1) is 17.9. The zero-order chi connectivity index (χ0) is 15.7. The average Bonchev–Trinajstić information content (AvgIpc) is 2.89. The van der Waals surface area contributed by atoms with E-state index in [1.807, 2.05) is 0 Å². The summed E-state index contributed by atoms with van der Waals surface area (Å²) >= 11 is 3.38. The summed E-state index contributed by atoms with van der Waals surface area (Å²) in [7, 11) is 0. The van der Waals surface area contributed by atoms with Crippen LogP contribution in [0.15, 0.2) is 34.9 Å². The quantitative estimate of drug-likeness (QED) is 0.838. The second kappa shape index (κ2) is 7.42. The highest BCUT2D eigenvalue weighted by atomic mass is 79.9. The number of likely N-dealkylation sites (tertiary alicyclic amines) is 1. The van der Waals surface area contributed by atoms with Crippen LogP contribution in [0.3, 0.4) is 0 Å². The molecule has 1 aromatic carbocycles. The van der Waals surface area contributed by atoms with E-state index >= 15 is 0 Å². The third-order valence-electron chi connectivity index (χ3n) is 3.71. The Bertz CT molecular complexity index is 691.